The van der Waals surface area contributed by atoms with Crippen molar-refractivity contribution >= 4 is 11.8 Å². The van der Waals surface area contributed by atoms with Crippen LogP contribution in [0.25, 0.3) is 0 Å². The van der Waals surface area contributed by atoms with E-state index in [0.717, 1.165) is 12.8 Å². The average Bonchev–Trinajstić information content (AvgIpc) is 2.26. The molecule has 1 atom stereocenters. The summed E-state index contributed by atoms with van der Waals surface area (Å²) in [6.07, 6.45) is 2.78. The van der Waals surface area contributed by atoms with Gasteiger partial charge in [0, 0.05) is 19.5 Å². The predicted molar refractivity (Wildman–Crippen MR) is 63.8 cm³/mol. The van der Waals surface area contributed by atoms with Gasteiger partial charge in [-0.15, -0.1) is 0 Å². The molecular weight excluding hydrogens is 206 g/mol. The Morgan fingerprint density at radius 1 is 1.12 bits per heavy atom. The maximum Gasteiger partial charge on any atom is 0.236 e. The summed E-state index contributed by atoms with van der Waals surface area (Å²) in [6, 6.07) is -0.455. The molecule has 0 unspecified atom stereocenters. The minimum absolute atomic E-state index is 0.0359. The van der Waals surface area contributed by atoms with E-state index in [1.807, 2.05) is 13.8 Å². The Morgan fingerprint density at radius 3 is 2.38 bits per heavy atom. The van der Waals surface area contributed by atoms with Crippen LogP contribution in [0.5, 0.6) is 0 Å². The number of hydrogen-bond acceptors (Lipinski definition) is 3. The van der Waals surface area contributed by atoms with E-state index in [2.05, 4.69) is 10.6 Å². The largest absolute Gasteiger partial charge is 0.356 e. The lowest BCUT2D eigenvalue weighted by Crippen LogP contribution is -2.41. The molecule has 16 heavy (non-hydrogen) atoms. The summed E-state index contributed by atoms with van der Waals surface area (Å²) < 4.78 is 0. The molecule has 94 valence electrons. The Morgan fingerprint density at radius 2 is 1.81 bits per heavy atom. The van der Waals surface area contributed by atoms with Gasteiger partial charge in [0.2, 0.25) is 11.8 Å². The third-order valence-electron chi connectivity index (χ3n) is 2.16. The van der Waals surface area contributed by atoms with Gasteiger partial charge in [-0.05, 0) is 12.8 Å². The number of carbonyl (C=O) groups excluding carboxylic acids is 2. The third kappa shape index (κ3) is 7.23. The molecule has 0 aromatic rings. The van der Waals surface area contributed by atoms with Crippen molar-refractivity contribution in [2.24, 2.45) is 5.73 Å². The van der Waals surface area contributed by atoms with E-state index in [0.29, 0.717) is 25.9 Å². The monoisotopic (exact) mass is 229 g/mol. The normalized spacial score (nSPS) is 11.9. The Balaban J connectivity index is 3.57. The molecule has 5 nitrogen and oxygen atoms in total. The Labute approximate surface area is 97.2 Å². The molecule has 0 aromatic heterocycles. The van der Waals surface area contributed by atoms with E-state index in [1.54, 1.807) is 0 Å². The van der Waals surface area contributed by atoms with Crippen molar-refractivity contribution in [1.82, 2.24) is 10.6 Å². The van der Waals surface area contributed by atoms with E-state index >= 15 is 0 Å². The van der Waals surface area contributed by atoms with Gasteiger partial charge in [0.25, 0.3) is 0 Å². The standard InChI is InChI=1S/C11H23N3O2/c1-3-5-9(12)11(16)14-8-6-10(15)13-7-4-2/h9H,3-8,12H2,1-2H3,(H,13,15)(H,14,16)/t9-/m0/s1. The van der Waals surface area contributed by atoms with Crippen molar-refractivity contribution in [2.45, 2.75) is 45.6 Å². The molecule has 0 saturated heterocycles. The molecule has 0 aliphatic rings. The van der Waals surface area contributed by atoms with E-state index in [1.165, 1.54) is 0 Å². The molecule has 0 saturated carbocycles. The summed E-state index contributed by atoms with van der Waals surface area (Å²) in [5, 5.41) is 5.39. The van der Waals surface area contributed by atoms with Gasteiger partial charge in [-0.1, -0.05) is 20.3 Å². The zero-order valence-electron chi connectivity index (χ0n) is 10.2. The molecule has 0 aliphatic heterocycles. The van der Waals surface area contributed by atoms with E-state index < -0.39 is 6.04 Å². The molecule has 0 rings (SSSR count). The first kappa shape index (κ1) is 14.9. The molecule has 0 spiro atoms. The predicted octanol–water partition coefficient (Wildman–Crippen LogP) is 0.146. The highest BCUT2D eigenvalue weighted by atomic mass is 16.2. The van der Waals surface area contributed by atoms with Gasteiger partial charge in [-0.2, -0.15) is 0 Å². The van der Waals surface area contributed by atoms with Crippen LogP contribution < -0.4 is 16.4 Å². The quantitative estimate of drug-likeness (QED) is 0.554. The molecule has 0 heterocycles. The second kappa shape index (κ2) is 9.15. The number of amides is 2. The number of rotatable bonds is 8. The fourth-order valence-electron chi connectivity index (χ4n) is 1.23. The van der Waals surface area contributed by atoms with Gasteiger partial charge in [-0.25, -0.2) is 0 Å². The van der Waals surface area contributed by atoms with Crippen molar-refractivity contribution in [3.63, 3.8) is 0 Å². The first-order valence-corrected chi connectivity index (χ1v) is 5.91. The van der Waals surface area contributed by atoms with Gasteiger partial charge in [0.05, 0.1) is 6.04 Å². The van der Waals surface area contributed by atoms with E-state index in [4.69, 9.17) is 5.73 Å². The minimum Gasteiger partial charge on any atom is -0.356 e. The van der Waals surface area contributed by atoms with Crippen molar-refractivity contribution in [1.29, 1.82) is 0 Å². The third-order valence-corrected chi connectivity index (χ3v) is 2.16. The van der Waals surface area contributed by atoms with Gasteiger partial charge < -0.3 is 16.4 Å². The van der Waals surface area contributed by atoms with Crippen LogP contribution in [-0.2, 0) is 9.59 Å². The lowest BCUT2D eigenvalue weighted by atomic mass is 10.1. The highest BCUT2D eigenvalue weighted by molar-refractivity contribution is 5.82. The van der Waals surface area contributed by atoms with Crippen molar-refractivity contribution in [3.8, 4) is 0 Å². The van der Waals surface area contributed by atoms with E-state index in [-0.39, 0.29) is 11.8 Å². The zero-order chi connectivity index (χ0) is 12.4. The SMILES string of the molecule is CCCNC(=O)CCNC(=O)[C@@H](N)CCC. The van der Waals surface area contributed by atoms with Gasteiger partial charge in [0.1, 0.15) is 0 Å². The van der Waals surface area contributed by atoms with Crippen LogP contribution in [0.15, 0.2) is 0 Å². The molecular formula is C11H23N3O2. The number of nitrogens with two attached hydrogens (primary N) is 1. The number of hydrogen-bond donors (Lipinski definition) is 3. The first-order valence-electron chi connectivity index (χ1n) is 5.91. The highest BCUT2D eigenvalue weighted by Crippen LogP contribution is 1.92. The summed E-state index contributed by atoms with van der Waals surface area (Å²) in [7, 11) is 0. The summed E-state index contributed by atoms with van der Waals surface area (Å²) >= 11 is 0. The Hall–Kier alpha value is -1.10. The maximum absolute atomic E-state index is 11.4. The summed E-state index contributed by atoms with van der Waals surface area (Å²) in [4.78, 5) is 22.5. The summed E-state index contributed by atoms with van der Waals surface area (Å²) in [6.45, 7) is 5.01. The minimum atomic E-state index is -0.455. The van der Waals surface area contributed by atoms with Crippen molar-refractivity contribution in [2.75, 3.05) is 13.1 Å². The van der Waals surface area contributed by atoms with Crippen LogP contribution >= 0.6 is 0 Å². The molecule has 0 aromatic carbocycles. The fourth-order valence-corrected chi connectivity index (χ4v) is 1.23. The van der Waals surface area contributed by atoms with Crippen molar-refractivity contribution in [3.05, 3.63) is 0 Å². The molecule has 0 bridgehead atoms. The van der Waals surface area contributed by atoms with Crippen LogP contribution in [0.4, 0.5) is 0 Å². The highest BCUT2D eigenvalue weighted by Gasteiger charge is 2.11. The number of carbonyl (C=O) groups is 2. The second-order valence-corrected chi connectivity index (χ2v) is 3.79. The molecule has 0 aliphatic carbocycles. The van der Waals surface area contributed by atoms with Crippen molar-refractivity contribution < 1.29 is 9.59 Å². The van der Waals surface area contributed by atoms with Crippen LogP contribution in [-0.4, -0.2) is 30.9 Å². The molecule has 2 amide bonds. The Bertz CT molecular complexity index is 219. The summed E-state index contributed by atoms with van der Waals surface area (Å²) in [5.74, 6) is -0.212. The van der Waals surface area contributed by atoms with Crippen LogP contribution in [0.3, 0.4) is 0 Å². The maximum atomic E-state index is 11.4. The van der Waals surface area contributed by atoms with Gasteiger partial charge >= 0.3 is 0 Å². The smallest absolute Gasteiger partial charge is 0.236 e. The number of nitrogens with one attached hydrogen (secondary N) is 2. The molecule has 0 fully saturated rings. The zero-order valence-corrected chi connectivity index (χ0v) is 10.2. The second-order valence-electron chi connectivity index (χ2n) is 3.79. The molecule has 4 N–H and O–H groups in total. The summed E-state index contributed by atoms with van der Waals surface area (Å²) in [5.41, 5.74) is 5.61. The fraction of sp³-hybridized carbons (Fsp3) is 0.818. The Kier molecular flexibility index (Phi) is 8.52. The van der Waals surface area contributed by atoms with E-state index in [9.17, 15) is 9.59 Å². The first-order chi connectivity index (χ1) is 7.61. The average molecular weight is 229 g/mol. The molecule has 5 heteroatoms. The topological polar surface area (TPSA) is 84.2 Å². The van der Waals surface area contributed by atoms with Gasteiger partial charge in [0.15, 0.2) is 0 Å². The molecule has 0 radical (unpaired) electrons. The lowest BCUT2D eigenvalue weighted by Gasteiger charge is -2.10. The van der Waals surface area contributed by atoms with Crippen LogP contribution in [0.1, 0.15) is 39.5 Å². The van der Waals surface area contributed by atoms with Gasteiger partial charge in [-0.3, -0.25) is 9.59 Å². The van der Waals surface area contributed by atoms with Crippen LogP contribution in [0, 0.1) is 0 Å². The lowest BCUT2D eigenvalue weighted by molar-refractivity contribution is -0.123. The van der Waals surface area contributed by atoms with Crippen LogP contribution in [0.2, 0.25) is 0 Å².